The summed E-state index contributed by atoms with van der Waals surface area (Å²) in [4.78, 5) is 0. The van der Waals surface area contributed by atoms with Crippen molar-refractivity contribution in [2.24, 2.45) is 0 Å². The van der Waals surface area contributed by atoms with Crippen LogP contribution in [0.4, 0.5) is 0 Å². The fourth-order valence-corrected chi connectivity index (χ4v) is 1.43. The minimum atomic E-state index is -0.655. The first-order chi connectivity index (χ1) is 7.50. The van der Waals surface area contributed by atoms with Crippen LogP contribution in [0.1, 0.15) is 18.1 Å². The van der Waals surface area contributed by atoms with E-state index >= 15 is 0 Å². The van der Waals surface area contributed by atoms with Crippen molar-refractivity contribution in [1.29, 1.82) is 0 Å². The first-order valence-electron chi connectivity index (χ1n) is 5.22. The van der Waals surface area contributed by atoms with Gasteiger partial charge in [-0.25, -0.2) is 0 Å². The second kappa shape index (κ2) is 5.64. The number of nitrogens with one attached hydrogen (secondary N) is 1. The van der Waals surface area contributed by atoms with Crippen LogP contribution in [-0.2, 0) is 6.54 Å². The third-order valence-electron chi connectivity index (χ3n) is 2.65. The Labute approximate surface area is 101 Å². The van der Waals surface area contributed by atoms with Crippen LogP contribution in [0.15, 0.2) is 18.2 Å². The molecule has 0 saturated heterocycles. The number of aryl methyl sites for hydroxylation is 1. The quantitative estimate of drug-likeness (QED) is 0.734. The van der Waals surface area contributed by atoms with E-state index in [1.165, 1.54) is 0 Å². The zero-order chi connectivity index (χ0) is 12.2. The Morgan fingerprint density at radius 1 is 1.31 bits per heavy atom. The number of rotatable bonds is 5. The summed E-state index contributed by atoms with van der Waals surface area (Å²) >= 11 is 6.01. The summed E-state index contributed by atoms with van der Waals surface area (Å²) in [5.41, 5.74) is 1.42. The van der Waals surface area contributed by atoms with Gasteiger partial charge in [0.1, 0.15) is 0 Å². The Morgan fingerprint density at radius 3 is 2.44 bits per heavy atom. The molecule has 3 N–H and O–H groups in total. The van der Waals surface area contributed by atoms with Crippen molar-refractivity contribution in [2.45, 2.75) is 25.9 Å². The smallest absolute Gasteiger partial charge is 0.0633 e. The maximum atomic E-state index is 9.11. The van der Waals surface area contributed by atoms with Crippen molar-refractivity contribution in [3.8, 4) is 0 Å². The van der Waals surface area contributed by atoms with Gasteiger partial charge < -0.3 is 15.5 Å². The molecule has 0 aliphatic rings. The molecule has 0 atom stereocenters. The van der Waals surface area contributed by atoms with Crippen molar-refractivity contribution >= 4 is 11.6 Å². The van der Waals surface area contributed by atoms with Gasteiger partial charge in [0.15, 0.2) is 0 Å². The van der Waals surface area contributed by atoms with Crippen molar-refractivity contribution < 1.29 is 10.2 Å². The summed E-state index contributed by atoms with van der Waals surface area (Å²) < 4.78 is 0. The van der Waals surface area contributed by atoms with Gasteiger partial charge in [0.05, 0.1) is 18.8 Å². The molecule has 0 fully saturated rings. The Balaban J connectivity index is 2.64. The molecule has 0 heterocycles. The summed E-state index contributed by atoms with van der Waals surface area (Å²) in [6.45, 7) is 4.07. The lowest BCUT2D eigenvalue weighted by atomic mass is 10.0. The molecule has 4 heteroatoms. The molecule has 0 unspecified atom stereocenters. The topological polar surface area (TPSA) is 52.5 Å². The molecule has 0 saturated carbocycles. The normalized spacial score (nSPS) is 11.8. The number of benzene rings is 1. The van der Waals surface area contributed by atoms with Gasteiger partial charge in [0.2, 0.25) is 0 Å². The maximum absolute atomic E-state index is 9.11. The average Bonchev–Trinajstić information content (AvgIpc) is 2.30. The fourth-order valence-electron chi connectivity index (χ4n) is 1.22. The van der Waals surface area contributed by atoms with Crippen LogP contribution in [0.3, 0.4) is 0 Å². The molecule has 1 aromatic carbocycles. The predicted molar refractivity (Wildman–Crippen MR) is 65.6 cm³/mol. The third kappa shape index (κ3) is 3.46. The van der Waals surface area contributed by atoms with Crippen LogP contribution in [0.2, 0.25) is 5.02 Å². The maximum Gasteiger partial charge on any atom is 0.0633 e. The fraction of sp³-hybridized carbons (Fsp3) is 0.500. The minimum Gasteiger partial charge on any atom is -0.394 e. The van der Waals surface area contributed by atoms with E-state index in [1.54, 1.807) is 6.92 Å². The highest BCUT2D eigenvalue weighted by Gasteiger charge is 2.20. The summed E-state index contributed by atoms with van der Waals surface area (Å²) in [5.74, 6) is 0. The lowest BCUT2D eigenvalue weighted by Crippen LogP contribution is -2.48. The number of hydrogen-bond acceptors (Lipinski definition) is 3. The van der Waals surface area contributed by atoms with E-state index in [2.05, 4.69) is 5.32 Å². The van der Waals surface area contributed by atoms with Gasteiger partial charge in [-0.3, -0.25) is 0 Å². The third-order valence-corrected chi connectivity index (χ3v) is 3.06. The Bertz CT molecular complexity index is 351. The van der Waals surface area contributed by atoms with Gasteiger partial charge in [0, 0.05) is 11.6 Å². The van der Waals surface area contributed by atoms with Crippen LogP contribution < -0.4 is 5.32 Å². The second-order valence-electron chi connectivity index (χ2n) is 4.31. The van der Waals surface area contributed by atoms with Crippen LogP contribution in [-0.4, -0.2) is 29.0 Å². The minimum absolute atomic E-state index is 0.108. The van der Waals surface area contributed by atoms with Gasteiger partial charge in [-0.05, 0) is 31.0 Å². The molecule has 1 aromatic rings. The summed E-state index contributed by atoms with van der Waals surface area (Å²) in [6.07, 6.45) is 0. The average molecular weight is 244 g/mol. The van der Waals surface area contributed by atoms with Gasteiger partial charge >= 0.3 is 0 Å². The Morgan fingerprint density at radius 2 is 1.94 bits per heavy atom. The molecule has 1 rings (SSSR count). The van der Waals surface area contributed by atoms with E-state index < -0.39 is 5.54 Å². The lowest BCUT2D eigenvalue weighted by molar-refractivity contribution is 0.103. The van der Waals surface area contributed by atoms with Gasteiger partial charge in [-0.1, -0.05) is 23.7 Å². The van der Waals surface area contributed by atoms with Crippen molar-refractivity contribution in [1.82, 2.24) is 5.32 Å². The standard InChI is InChI=1S/C12H18ClNO2/c1-9-3-4-10(5-11(9)13)6-14-12(2,7-15)8-16/h3-5,14-16H,6-8H2,1-2H3. The number of hydrogen-bond donors (Lipinski definition) is 3. The molecule has 0 aliphatic heterocycles. The molecule has 0 radical (unpaired) electrons. The Kier molecular flexibility index (Phi) is 4.74. The molecule has 3 nitrogen and oxygen atoms in total. The highest BCUT2D eigenvalue weighted by molar-refractivity contribution is 6.31. The SMILES string of the molecule is Cc1ccc(CNC(C)(CO)CO)cc1Cl. The largest absolute Gasteiger partial charge is 0.394 e. The Hall–Kier alpha value is -0.610. The molecule has 16 heavy (non-hydrogen) atoms. The first kappa shape index (κ1) is 13.5. The van der Waals surface area contributed by atoms with Crippen LogP contribution in [0.5, 0.6) is 0 Å². The molecule has 0 spiro atoms. The van der Waals surface area contributed by atoms with Crippen LogP contribution >= 0.6 is 11.6 Å². The van der Waals surface area contributed by atoms with Crippen molar-refractivity contribution in [3.05, 3.63) is 34.3 Å². The van der Waals surface area contributed by atoms with E-state index in [4.69, 9.17) is 21.8 Å². The zero-order valence-electron chi connectivity index (χ0n) is 9.63. The zero-order valence-corrected chi connectivity index (χ0v) is 10.4. The van der Waals surface area contributed by atoms with Gasteiger partial charge in [0.25, 0.3) is 0 Å². The molecule has 0 aliphatic carbocycles. The van der Waals surface area contributed by atoms with Crippen LogP contribution in [0.25, 0.3) is 0 Å². The number of halogens is 1. The van der Waals surface area contributed by atoms with Crippen molar-refractivity contribution in [3.63, 3.8) is 0 Å². The predicted octanol–water partition coefficient (Wildman–Crippen LogP) is 1.48. The van der Waals surface area contributed by atoms with E-state index in [0.29, 0.717) is 6.54 Å². The van der Waals surface area contributed by atoms with Crippen LogP contribution in [0, 0.1) is 6.92 Å². The first-order valence-corrected chi connectivity index (χ1v) is 5.60. The van der Waals surface area contributed by atoms with Crippen molar-refractivity contribution in [2.75, 3.05) is 13.2 Å². The van der Waals surface area contributed by atoms with E-state index in [0.717, 1.165) is 16.1 Å². The van der Waals surface area contributed by atoms with Gasteiger partial charge in [-0.2, -0.15) is 0 Å². The lowest BCUT2D eigenvalue weighted by Gasteiger charge is -2.26. The molecule has 90 valence electrons. The summed E-state index contributed by atoms with van der Waals surface area (Å²) in [7, 11) is 0. The molecule has 0 amide bonds. The summed E-state index contributed by atoms with van der Waals surface area (Å²) in [5, 5.41) is 22.1. The summed E-state index contributed by atoms with van der Waals surface area (Å²) in [6, 6.07) is 5.82. The second-order valence-corrected chi connectivity index (χ2v) is 4.72. The van der Waals surface area contributed by atoms with Gasteiger partial charge in [-0.15, -0.1) is 0 Å². The van der Waals surface area contributed by atoms with E-state index in [9.17, 15) is 0 Å². The molecule has 0 bridgehead atoms. The molecule has 0 aromatic heterocycles. The van der Waals surface area contributed by atoms with E-state index in [1.807, 2.05) is 25.1 Å². The highest BCUT2D eigenvalue weighted by atomic mass is 35.5. The monoisotopic (exact) mass is 243 g/mol. The van der Waals surface area contributed by atoms with E-state index in [-0.39, 0.29) is 13.2 Å². The highest BCUT2D eigenvalue weighted by Crippen LogP contribution is 2.17. The number of aliphatic hydroxyl groups is 2. The molecular formula is C12H18ClNO2. The number of aliphatic hydroxyl groups excluding tert-OH is 2. The molecular weight excluding hydrogens is 226 g/mol.